The molecule has 0 spiro atoms. The van der Waals surface area contributed by atoms with Crippen LogP contribution in [0.4, 0.5) is 0 Å². The van der Waals surface area contributed by atoms with E-state index in [1.54, 1.807) is 0 Å². The smallest absolute Gasteiger partial charge is 0.361 e. The molecule has 132 valence electrons. The Bertz CT molecular complexity index is 759. The molecule has 0 saturated heterocycles. The van der Waals surface area contributed by atoms with Gasteiger partial charge in [-0.3, -0.25) is 0 Å². The first-order valence-corrected chi connectivity index (χ1v) is 9.37. The lowest BCUT2D eigenvalue weighted by atomic mass is 9.55. The van der Waals surface area contributed by atoms with Crippen molar-refractivity contribution in [2.75, 3.05) is 13.2 Å². The maximum atomic E-state index is 6.26. The van der Waals surface area contributed by atoms with Crippen LogP contribution in [0.15, 0.2) is 84.9 Å². The molecule has 0 aromatic heterocycles. The van der Waals surface area contributed by atoms with Crippen LogP contribution in [-0.2, 0) is 17.6 Å². The Labute approximate surface area is 157 Å². The SMILES string of the molecule is CCc1ccc(B(OCCNCc2ccccc2)c2ccccc2)cc1. The van der Waals surface area contributed by atoms with Crippen molar-refractivity contribution in [2.45, 2.75) is 19.9 Å². The second kappa shape index (κ2) is 9.96. The van der Waals surface area contributed by atoms with Gasteiger partial charge in [0.05, 0.1) is 0 Å². The molecular weight excluding hydrogens is 317 g/mol. The number of aryl methyl sites for hydroxylation is 1. The molecule has 3 aromatic rings. The minimum absolute atomic E-state index is 0.0272. The number of rotatable bonds is 9. The molecule has 26 heavy (non-hydrogen) atoms. The highest BCUT2D eigenvalue weighted by atomic mass is 16.4. The van der Waals surface area contributed by atoms with Crippen LogP contribution in [0.3, 0.4) is 0 Å². The van der Waals surface area contributed by atoms with Gasteiger partial charge in [0.15, 0.2) is 0 Å². The molecule has 0 fully saturated rings. The van der Waals surface area contributed by atoms with Gasteiger partial charge < -0.3 is 9.97 Å². The highest BCUT2D eigenvalue weighted by Gasteiger charge is 2.20. The van der Waals surface area contributed by atoms with Gasteiger partial charge in [-0.15, -0.1) is 0 Å². The minimum atomic E-state index is -0.0272. The Morgan fingerprint density at radius 1 is 0.731 bits per heavy atom. The quantitative estimate of drug-likeness (QED) is 0.476. The average molecular weight is 343 g/mol. The third-order valence-electron chi connectivity index (χ3n) is 4.53. The zero-order chi connectivity index (χ0) is 18.0. The molecule has 0 bridgehead atoms. The maximum absolute atomic E-state index is 6.26. The lowest BCUT2D eigenvalue weighted by Gasteiger charge is -2.16. The van der Waals surface area contributed by atoms with E-state index in [-0.39, 0.29) is 6.92 Å². The van der Waals surface area contributed by atoms with Gasteiger partial charge >= 0.3 is 6.92 Å². The molecule has 3 heteroatoms. The topological polar surface area (TPSA) is 21.3 Å². The van der Waals surface area contributed by atoms with Gasteiger partial charge in [-0.1, -0.05) is 91.9 Å². The maximum Gasteiger partial charge on any atom is 0.361 e. The van der Waals surface area contributed by atoms with E-state index in [4.69, 9.17) is 4.65 Å². The lowest BCUT2D eigenvalue weighted by Crippen LogP contribution is -2.46. The second-order valence-corrected chi connectivity index (χ2v) is 6.42. The molecule has 3 aromatic carbocycles. The third-order valence-corrected chi connectivity index (χ3v) is 4.53. The largest absolute Gasteiger partial charge is 0.426 e. The first-order chi connectivity index (χ1) is 12.9. The van der Waals surface area contributed by atoms with Crippen molar-refractivity contribution in [2.24, 2.45) is 0 Å². The molecule has 2 nitrogen and oxygen atoms in total. The van der Waals surface area contributed by atoms with Crippen molar-refractivity contribution >= 4 is 17.8 Å². The van der Waals surface area contributed by atoms with Crippen LogP contribution in [0.1, 0.15) is 18.1 Å². The summed E-state index contributed by atoms with van der Waals surface area (Å²) in [6.07, 6.45) is 1.06. The van der Waals surface area contributed by atoms with Crippen LogP contribution in [0.2, 0.25) is 0 Å². The zero-order valence-corrected chi connectivity index (χ0v) is 15.4. The van der Waals surface area contributed by atoms with Crippen molar-refractivity contribution in [1.29, 1.82) is 0 Å². The molecule has 3 rings (SSSR count). The van der Waals surface area contributed by atoms with Crippen LogP contribution in [0.25, 0.3) is 0 Å². The van der Waals surface area contributed by atoms with Crippen molar-refractivity contribution in [1.82, 2.24) is 5.32 Å². The molecule has 0 amide bonds. The van der Waals surface area contributed by atoms with E-state index in [1.165, 1.54) is 22.1 Å². The molecule has 0 aliphatic heterocycles. The van der Waals surface area contributed by atoms with Crippen molar-refractivity contribution in [3.63, 3.8) is 0 Å². The van der Waals surface area contributed by atoms with Gasteiger partial charge in [0.1, 0.15) is 0 Å². The summed E-state index contributed by atoms with van der Waals surface area (Å²) in [6, 6.07) is 29.7. The molecule has 1 N–H and O–H groups in total. The van der Waals surface area contributed by atoms with Gasteiger partial charge in [0, 0.05) is 19.7 Å². The summed E-state index contributed by atoms with van der Waals surface area (Å²) >= 11 is 0. The van der Waals surface area contributed by atoms with Crippen LogP contribution in [-0.4, -0.2) is 20.1 Å². The number of benzene rings is 3. The molecule has 0 aliphatic rings. The van der Waals surface area contributed by atoms with Crippen molar-refractivity contribution in [3.05, 3.63) is 96.1 Å². The van der Waals surface area contributed by atoms with E-state index in [0.717, 1.165) is 19.5 Å². The van der Waals surface area contributed by atoms with E-state index >= 15 is 0 Å². The van der Waals surface area contributed by atoms with E-state index in [9.17, 15) is 0 Å². The summed E-state index contributed by atoms with van der Waals surface area (Å²) < 4.78 is 6.26. The molecule has 0 unspecified atom stereocenters. The first-order valence-electron chi connectivity index (χ1n) is 9.37. The Hall–Kier alpha value is -2.36. The van der Waals surface area contributed by atoms with E-state index in [0.29, 0.717) is 6.61 Å². The highest BCUT2D eigenvalue weighted by molar-refractivity contribution is 6.80. The Kier molecular flexibility index (Phi) is 7.06. The van der Waals surface area contributed by atoms with Gasteiger partial charge in [-0.25, -0.2) is 0 Å². The van der Waals surface area contributed by atoms with Gasteiger partial charge in [0.2, 0.25) is 0 Å². The van der Waals surface area contributed by atoms with Gasteiger partial charge in [-0.2, -0.15) is 0 Å². The predicted octanol–water partition coefficient (Wildman–Crippen LogP) is 3.16. The zero-order valence-electron chi connectivity index (χ0n) is 15.4. The fourth-order valence-corrected chi connectivity index (χ4v) is 3.02. The number of nitrogens with one attached hydrogen (secondary N) is 1. The number of hydrogen-bond acceptors (Lipinski definition) is 2. The second-order valence-electron chi connectivity index (χ2n) is 6.42. The Morgan fingerprint density at radius 3 is 2.00 bits per heavy atom. The Morgan fingerprint density at radius 2 is 1.35 bits per heavy atom. The first kappa shape index (κ1) is 18.4. The molecule has 0 atom stereocenters. The van der Waals surface area contributed by atoms with Crippen LogP contribution in [0.5, 0.6) is 0 Å². The van der Waals surface area contributed by atoms with Crippen LogP contribution < -0.4 is 16.2 Å². The Balaban J connectivity index is 1.59. The summed E-state index contributed by atoms with van der Waals surface area (Å²) in [7, 11) is 0. The standard InChI is InChI=1S/C23H26BNO/c1-2-20-13-15-23(16-14-20)24(22-11-7-4-8-12-22)26-18-17-25-19-21-9-5-3-6-10-21/h3-16,25H,2,17-19H2,1H3. The molecule has 0 radical (unpaired) electrons. The van der Waals surface area contributed by atoms with Gasteiger partial charge in [-0.05, 0) is 28.5 Å². The monoisotopic (exact) mass is 343 g/mol. The summed E-state index contributed by atoms with van der Waals surface area (Å²) in [5, 5.41) is 3.45. The van der Waals surface area contributed by atoms with E-state index < -0.39 is 0 Å². The molecule has 0 saturated carbocycles. The summed E-state index contributed by atoms with van der Waals surface area (Å²) in [6.45, 7) is 4.51. The van der Waals surface area contributed by atoms with Crippen LogP contribution >= 0.6 is 0 Å². The van der Waals surface area contributed by atoms with Crippen molar-refractivity contribution < 1.29 is 4.65 Å². The van der Waals surface area contributed by atoms with Crippen molar-refractivity contribution in [3.8, 4) is 0 Å². The summed E-state index contributed by atoms with van der Waals surface area (Å²) in [5.74, 6) is 0. The predicted molar refractivity (Wildman–Crippen MR) is 111 cm³/mol. The van der Waals surface area contributed by atoms with E-state index in [1.807, 2.05) is 12.1 Å². The fraction of sp³-hybridized carbons (Fsp3) is 0.217. The van der Waals surface area contributed by atoms with Crippen LogP contribution in [0, 0.1) is 0 Å². The number of hydrogen-bond donors (Lipinski definition) is 1. The lowest BCUT2D eigenvalue weighted by molar-refractivity contribution is 0.328. The highest BCUT2D eigenvalue weighted by Crippen LogP contribution is 2.01. The summed E-state index contributed by atoms with van der Waals surface area (Å²) in [4.78, 5) is 0. The fourth-order valence-electron chi connectivity index (χ4n) is 3.02. The summed E-state index contributed by atoms with van der Waals surface area (Å²) in [5.41, 5.74) is 5.05. The average Bonchev–Trinajstić information content (AvgIpc) is 2.72. The van der Waals surface area contributed by atoms with Gasteiger partial charge in [0.25, 0.3) is 0 Å². The molecule has 0 aliphatic carbocycles. The molecule has 0 heterocycles. The minimum Gasteiger partial charge on any atom is -0.426 e. The van der Waals surface area contributed by atoms with E-state index in [2.05, 4.69) is 85.0 Å². The third kappa shape index (κ3) is 5.32. The molecular formula is C23H26BNO. The normalized spacial score (nSPS) is 10.7.